The lowest BCUT2D eigenvalue weighted by atomic mass is 10.0. The molecule has 0 aromatic heterocycles. The first kappa shape index (κ1) is 14.9. The van der Waals surface area contributed by atoms with Gasteiger partial charge in [0.1, 0.15) is 5.60 Å². The van der Waals surface area contributed by atoms with E-state index in [1.807, 2.05) is 45.0 Å². The minimum absolute atomic E-state index is 0.261. The van der Waals surface area contributed by atoms with Crippen molar-refractivity contribution in [3.8, 4) is 0 Å². The summed E-state index contributed by atoms with van der Waals surface area (Å²) in [7, 11) is 0. The van der Waals surface area contributed by atoms with Gasteiger partial charge in [0, 0.05) is 19.1 Å². The van der Waals surface area contributed by atoms with Crippen LogP contribution in [0.4, 0.5) is 5.69 Å². The molecule has 1 aromatic carbocycles. The SMILES string of the molecule is CC(C)(C)OC(=O)c1ccccc1N1CCC(N)CC1. The molecule has 4 nitrogen and oxygen atoms in total. The zero-order chi connectivity index (χ0) is 14.8. The Labute approximate surface area is 120 Å². The number of nitrogens with zero attached hydrogens (tertiary/aromatic N) is 1. The molecule has 1 aromatic rings. The van der Waals surface area contributed by atoms with Crippen LogP contribution in [0.5, 0.6) is 0 Å². The Bertz CT molecular complexity index is 472. The second-order valence-corrected chi connectivity index (χ2v) is 6.34. The zero-order valence-corrected chi connectivity index (χ0v) is 12.6. The topological polar surface area (TPSA) is 55.6 Å². The average molecular weight is 276 g/mol. The zero-order valence-electron chi connectivity index (χ0n) is 12.6. The van der Waals surface area contributed by atoms with Crippen LogP contribution in [0.3, 0.4) is 0 Å². The molecule has 2 rings (SSSR count). The van der Waals surface area contributed by atoms with Gasteiger partial charge >= 0.3 is 5.97 Å². The predicted octanol–water partition coefficient (Wildman–Crippen LogP) is 2.57. The summed E-state index contributed by atoms with van der Waals surface area (Å²) in [6.07, 6.45) is 1.92. The summed E-state index contributed by atoms with van der Waals surface area (Å²) >= 11 is 0. The van der Waals surface area contributed by atoms with E-state index in [1.165, 1.54) is 0 Å². The number of benzene rings is 1. The van der Waals surface area contributed by atoms with Crippen molar-refractivity contribution in [3.05, 3.63) is 29.8 Å². The summed E-state index contributed by atoms with van der Waals surface area (Å²) in [5.74, 6) is -0.261. The minimum Gasteiger partial charge on any atom is -0.456 e. The van der Waals surface area contributed by atoms with Gasteiger partial charge in [-0.25, -0.2) is 4.79 Å². The number of ether oxygens (including phenoxy) is 1. The molecular formula is C16H24N2O2. The van der Waals surface area contributed by atoms with Gasteiger partial charge in [0.25, 0.3) is 0 Å². The summed E-state index contributed by atoms with van der Waals surface area (Å²) in [5.41, 5.74) is 7.05. The van der Waals surface area contributed by atoms with Crippen LogP contribution in [0.2, 0.25) is 0 Å². The Morgan fingerprint density at radius 1 is 1.25 bits per heavy atom. The van der Waals surface area contributed by atoms with Crippen molar-refractivity contribution in [1.29, 1.82) is 0 Å². The number of carbonyl (C=O) groups excluding carboxylic acids is 1. The first-order chi connectivity index (χ1) is 9.37. The largest absolute Gasteiger partial charge is 0.456 e. The number of rotatable bonds is 2. The highest BCUT2D eigenvalue weighted by molar-refractivity contribution is 5.96. The third kappa shape index (κ3) is 3.73. The quantitative estimate of drug-likeness (QED) is 0.844. The van der Waals surface area contributed by atoms with Crippen LogP contribution in [0.15, 0.2) is 24.3 Å². The highest BCUT2D eigenvalue weighted by Gasteiger charge is 2.24. The standard InChI is InChI=1S/C16H24N2O2/c1-16(2,3)20-15(19)13-6-4-5-7-14(13)18-10-8-12(17)9-11-18/h4-7,12H,8-11,17H2,1-3H3. The minimum atomic E-state index is -0.478. The van der Waals surface area contributed by atoms with Crippen LogP contribution < -0.4 is 10.6 Å². The van der Waals surface area contributed by atoms with Gasteiger partial charge in [-0.15, -0.1) is 0 Å². The molecule has 20 heavy (non-hydrogen) atoms. The Balaban J connectivity index is 2.20. The van der Waals surface area contributed by atoms with Crippen molar-refractivity contribution in [2.75, 3.05) is 18.0 Å². The molecule has 110 valence electrons. The van der Waals surface area contributed by atoms with Gasteiger partial charge < -0.3 is 15.4 Å². The third-order valence-corrected chi connectivity index (χ3v) is 3.40. The molecule has 0 spiro atoms. The molecule has 0 unspecified atom stereocenters. The molecule has 0 aliphatic carbocycles. The summed E-state index contributed by atoms with van der Waals surface area (Å²) < 4.78 is 5.49. The van der Waals surface area contributed by atoms with E-state index in [9.17, 15) is 4.79 Å². The van der Waals surface area contributed by atoms with Crippen LogP contribution in [0.1, 0.15) is 44.0 Å². The number of hydrogen-bond donors (Lipinski definition) is 1. The molecule has 1 fully saturated rings. The number of piperidine rings is 1. The van der Waals surface area contributed by atoms with Crippen molar-refractivity contribution in [2.45, 2.75) is 45.3 Å². The van der Waals surface area contributed by atoms with Gasteiger partial charge in [-0.3, -0.25) is 0 Å². The molecule has 0 atom stereocenters. The van der Waals surface area contributed by atoms with E-state index in [2.05, 4.69) is 4.90 Å². The van der Waals surface area contributed by atoms with Gasteiger partial charge in [-0.2, -0.15) is 0 Å². The van der Waals surface area contributed by atoms with Gasteiger partial charge in [0.15, 0.2) is 0 Å². The maximum absolute atomic E-state index is 12.3. The van der Waals surface area contributed by atoms with Crippen molar-refractivity contribution >= 4 is 11.7 Å². The molecule has 1 heterocycles. The van der Waals surface area contributed by atoms with Gasteiger partial charge in [-0.05, 0) is 45.7 Å². The third-order valence-electron chi connectivity index (χ3n) is 3.40. The maximum Gasteiger partial charge on any atom is 0.340 e. The van der Waals surface area contributed by atoms with E-state index in [4.69, 9.17) is 10.5 Å². The number of carbonyl (C=O) groups is 1. The molecular weight excluding hydrogens is 252 g/mol. The fraction of sp³-hybridized carbons (Fsp3) is 0.562. The molecule has 1 saturated heterocycles. The van der Waals surface area contributed by atoms with Crippen molar-refractivity contribution in [2.24, 2.45) is 5.73 Å². The fourth-order valence-electron chi connectivity index (χ4n) is 2.40. The van der Waals surface area contributed by atoms with Crippen LogP contribution >= 0.6 is 0 Å². The Hall–Kier alpha value is -1.55. The predicted molar refractivity (Wildman–Crippen MR) is 81.0 cm³/mol. The molecule has 0 bridgehead atoms. The first-order valence-corrected chi connectivity index (χ1v) is 7.20. The lowest BCUT2D eigenvalue weighted by Gasteiger charge is -2.33. The molecule has 1 aliphatic heterocycles. The fourth-order valence-corrected chi connectivity index (χ4v) is 2.40. The van der Waals surface area contributed by atoms with Gasteiger partial charge in [0.05, 0.1) is 11.3 Å². The first-order valence-electron chi connectivity index (χ1n) is 7.20. The molecule has 4 heteroatoms. The van der Waals surface area contributed by atoms with E-state index in [1.54, 1.807) is 0 Å². The normalized spacial score (nSPS) is 17.1. The Morgan fingerprint density at radius 2 is 1.85 bits per heavy atom. The number of esters is 1. The van der Waals surface area contributed by atoms with Gasteiger partial charge in [0.2, 0.25) is 0 Å². The monoisotopic (exact) mass is 276 g/mol. The lowest BCUT2D eigenvalue weighted by Crippen LogP contribution is -2.40. The second-order valence-electron chi connectivity index (χ2n) is 6.34. The van der Waals surface area contributed by atoms with Gasteiger partial charge in [-0.1, -0.05) is 12.1 Å². The highest BCUT2D eigenvalue weighted by Crippen LogP contribution is 2.25. The second kappa shape index (κ2) is 5.83. The van der Waals surface area contributed by atoms with Crippen molar-refractivity contribution in [1.82, 2.24) is 0 Å². The number of nitrogens with two attached hydrogens (primary N) is 1. The smallest absolute Gasteiger partial charge is 0.340 e. The number of anilines is 1. The van der Waals surface area contributed by atoms with Crippen molar-refractivity contribution in [3.63, 3.8) is 0 Å². The summed E-state index contributed by atoms with van der Waals surface area (Å²) in [4.78, 5) is 14.5. The number of hydrogen-bond acceptors (Lipinski definition) is 4. The highest BCUT2D eigenvalue weighted by atomic mass is 16.6. The van der Waals surface area contributed by atoms with Crippen LogP contribution in [-0.2, 0) is 4.74 Å². The number of para-hydroxylation sites is 1. The van der Waals surface area contributed by atoms with E-state index >= 15 is 0 Å². The van der Waals surface area contributed by atoms with Crippen molar-refractivity contribution < 1.29 is 9.53 Å². The molecule has 1 aliphatic rings. The van der Waals surface area contributed by atoms with E-state index in [-0.39, 0.29) is 12.0 Å². The molecule has 2 N–H and O–H groups in total. The van der Waals surface area contributed by atoms with Crippen LogP contribution in [0, 0.1) is 0 Å². The molecule has 0 saturated carbocycles. The summed E-state index contributed by atoms with van der Waals surface area (Å²) in [6.45, 7) is 7.43. The summed E-state index contributed by atoms with van der Waals surface area (Å²) in [6, 6.07) is 7.92. The van der Waals surface area contributed by atoms with E-state index in [0.29, 0.717) is 5.56 Å². The maximum atomic E-state index is 12.3. The molecule has 0 radical (unpaired) electrons. The van der Waals surface area contributed by atoms with Crippen LogP contribution in [0.25, 0.3) is 0 Å². The van der Waals surface area contributed by atoms with Crippen LogP contribution in [-0.4, -0.2) is 30.7 Å². The lowest BCUT2D eigenvalue weighted by molar-refractivity contribution is 0.00703. The average Bonchev–Trinajstić information content (AvgIpc) is 2.38. The van der Waals surface area contributed by atoms with E-state index < -0.39 is 5.60 Å². The summed E-state index contributed by atoms with van der Waals surface area (Å²) in [5, 5.41) is 0. The molecule has 0 amide bonds. The Kier molecular flexibility index (Phi) is 4.33. The Morgan fingerprint density at radius 3 is 2.45 bits per heavy atom. The van der Waals surface area contributed by atoms with E-state index in [0.717, 1.165) is 31.6 Å².